The smallest absolute Gasteiger partial charge is 0.127 e. The van der Waals surface area contributed by atoms with Crippen LogP contribution < -0.4 is 10.1 Å². The molecule has 0 fully saturated rings. The van der Waals surface area contributed by atoms with Crippen molar-refractivity contribution in [2.45, 2.75) is 13.0 Å². The van der Waals surface area contributed by atoms with Gasteiger partial charge in [-0.05, 0) is 19.5 Å². The number of hydrogen-bond acceptors (Lipinski definition) is 3. The normalized spacial score (nSPS) is 10.0. The van der Waals surface area contributed by atoms with Crippen LogP contribution >= 0.6 is 0 Å². The van der Waals surface area contributed by atoms with E-state index >= 15 is 0 Å². The van der Waals surface area contributed by atoms with Gasteiger partial charge in [-0.1, -0.05) is 12.1 Å². The highest BCUT2D eigenvalue weighted by Crippen LogP contribution is 2.31. The third kappa shape index (κ3) is 2.50. The molecular formula is C12H17NO2. The minimum atomic E-state index is 0.295. The van der Waals surface area contributed by atoms with E-state index in [9.17, 15) is 5.11 Å². The van der Waals surface area contributed by atoms with Crippen LogP contribution in [0.5, 0.6) is 11.5 Å². The Bertz CT molecular complexity index is 348. The molecule has 0 atom stereocenters. The van der Waals surface area contributed by atoms with Gasteiger partial charge in [-0.15, -0.1) is 6.58 Å². The van der Waals surface area contributed by atoms with Gasteiger partial charge in [0.1, 0.15) is 11.5 Å². The number of allylic oxidation sites excluding steroid dienone is 1. The Hall–Kier alpha value is -1.48. The summed E-state index contributed by atoms with van der Waals surface area (Å²) in [6.07, 6.45) is 2.35. The molecule has 3 heteroatoms. The lowest BCUT2D eigenvalue weighted by Gasteiger charge is -2.12. The van der Waals surface area contributed by atoms with Gasteiger partial charge >= 0.3 is 0 Å². The lowest BCUT2D eigenvalue weighted by molar-refractivity contribution is 0.399. The van der Waals surface area contributed by atoms with Gasteiger partial charge in [0.15, 0.2) is 0 Å². The van der Waals surface area contributed by atoms with E-state index in [4.69, 9.17) is 4.74 Å². The predicted molar refractivity (Wildman–Crippen MR) is 61.3 cm³/mol. The standard InChI is InChI=1S/C12H17NO2/c1-4-5-10-11(15-3)7-6-9(8-13-2)12(10)14/h4,6-7,13-14H,1,5,8H2,2-3H3. The van der Waals surface area contributed by atoms with E-state index in [1.807, 2.05) is 19.2 Å². The van der Waals surface area contributed by atoms with Crippen LogP contribution in [-0.2, 0) is 13.0 Å². The first-order valence-corrected chi connectivity index (χ1v) is 4.87. The lowest BCUT2D eigenvalue weighted by Crippen LogP contribution is -2.06. The van der Waals surface area contributed by atoms with Crippen LogP contribution in [0.15, 0.2) is 24.8 Å². The van der Waals surface area contributed by atoms with Crippen molar-refractivity contribution in [2.75, 3.05) is 14.2 Å². The molecule has 0 amide bonds. The zero-order valence-electron chi connectivity index (χ0n) is 9.21. The summed E-state index contributed by atoms with van der Waals surface area (Å²) in [4.78, 5) is 0. The van der Waals surface area contributed by atoms with E-state index in [1.54, 1.807) is 13.2 Å². The second kappa shape index (κ2) is 5.41. The summed E-state index contributed by atoms with van der Waals surface area (Å²) < 4.78 is 5.18. The fourth-order valence-corrected chi connectivity index (χ4v) is 1.53. The minimum Gasteiger partial charge on any atom is -0.507 e. The van der Waals surface area contributed by atoms with Crippen molar-refractivity contribution in [1.29, 1.82) is 0 Å². The minimum absolute atomic E-state index is 0.295. The maximum absolute atomic E-state index is 10.00. The van der Waals surface area contributed by atoms with E-state index in [2.05, 4.69) is 11.9 Å². The predicted octanol–water partition coefficient (Wildman–Crippen LogP) is 1.85. The molecule has 0 aromatic heterocycles. The Labute approximate surface area is 90.4 Å². The number of ether oxygens (including phenoxy) is 1. The maximum Gasteiger partial charge on any atom is 0.127 e. The lowest BCUT2D eigenvalue weighted by atomic mass is 10.0. The SMILES string of the molecule is C=CCc1c(OC)ccc(CNC)c1O. The fraction of sp³-hybridized carbons (Fsp3) is 0.333. The Kier molecular flexibility index (Phi) is 4.18. The Morgan fingerprint density at radius 2 is 2.27 bits per heavy atom. The van der Waals surface area contributed by atoms with Crippen LogP contribution in [0.2, 0.25) is 0 Å². The molecule has 0 bridgehead atoms. The highest BCUT2D eigenvalue weighted by molar-refractivity contribution is 5.50. The van der Waals surface area contributed by atoms with Gasteiger partial charge in [-0.25, -0.2) is 0 Å². The highest BCUT2D eigenvalue weighted by atomic mass is 16.5. The summed E-state index contributed by atoms with van der Waals surface area (Å²) in [5.74, 6) is 0.996. The molecular weight excluding hydrogens is 190 g/mol. The third-order valence-electron chi connectivity index (χ3n) is 2.26. The first kappa shape index (κ1) is 11.6. The van der Waals surface area contributed by atoms with E-state index < -0.39 is 0 Å². The molecule has 82 valence electrons. The van der Waals surface area contributed by atoms with Gasteiger partial charge in [0.25, 0.3) is 0 Å². The maximum atomic E-state index is 10.00. The van der Waals surface area contributed by atoms with Crippen LogP contribution in [0.25, 0.3) is 0 Å². The highest BCUT2D eigenvalue weighted by Gasteiger charge is 2.11. The molecule has 0 heterocycles. The largest absolute Gasteiger partial charge is 0.507 e. The van der Waals surface area contributed by atoms with Crippen molar-refractivity contribution in [3.8, 4) is 11.5 Å². The molecule has 0 radical (unpaired) electrons. The molecule has 2 N–H and O–H groups in total. The summed E-state index contributed by atoms with van der Waals surface area (Å²) in [7, 11) is 3.44. The molecule has 0 aliphatic carbocycles. The summed E-state index contributed by atoms with van der Waals surface area (Å²) in [6, 6.07) is 3.72. The molecule has 3 nitrogen and oxygen atoms in total. The van der Waals surface area contributed by atoms with E-state index in [1.165, 1.54) is 0 Å². The average molecular weight is 207 g/mol. The Balaban J connectivity index is 3.15. The first-order valence-electron chi connectivity index (χ1n) is 4.87. The number of hydrogen-bond donors (Lipinski definition) is 2. The van der Waals surface area contributed by atoms with Crippen LogP contribution in [-0.4, -0.2) is 19.3 Å². The van der Waals surface area contributed by atoms with Crippen molar-refractivity contribution in [1.82, 2.24) is 5.32 Å². The van der Waals surface area contributed by atoms with E-state index in [0.717, 1.165) is 11.1 Å². The molecule has 1 aromatic rings. The quantitative estimate of drug-likeness (QED) is 0.724. The monoisotopic (exact) mass is 207 g/mol. The van der Waals surface area contributed by atoms with Gasteiger partial charge in [-0.2, -0.15) is 0 Å². The number of rotatable bonds is 5. The molecule has 1 aromatic carbocycles. The number of nitrogens with one attached hydrogen (secondary N) is 1. The first-order chi connectivity index (χ1) is 7.24. The van der Waals surface area contributed by atoms with E-state index in [0.29, 0.717) is 24.5 Å². The summed E-state index contributed by atoms with van der Waals surface area (Å²) >= 11 is 0. The van der Waals surface area contributed by atoms with E-state index in [-0.39, 0.29) is 0 Å². The van der Waals surface area contributed by atoms with Gasteiger partial charge < -0.3 is 15.2 Å². The number of benzene rings is 1. The van der Waals surface area contributed by atoms with Gasteiger partial charge in [0.2, 0.25) is 0 Å². The molecule has 0 spiro atoms. The van der Waals surface area contributed by atoms with Crippen molar-refractivity contribution in [3.63, 3.8) is 0 Å². The van der Waals surface area contributed by atoms with Crippen LogP contribution in [0.4, 0.5) is 0 Å². The van der Waals surface area contributed by atoms with Crippen molar-refractivity contribution < 1.29 is 9.84 Å². The van der Waals surface area contributed by atoms with Crippen LogP contribution in [0, 0.1) is 0 Å². The zero-order valence-corrected chi connectivity index (χ0v) is 9.21. The number of phenolic OH excluding ortho intramolecular Hbond substituents is 1. The van der Waals surface area contributed by atoms with Gasteiger partial charge in [0.05, 0.1) is 7.11 Å². The van der Waals surface area contributed by atoms with Crippen LogP contribution in [0.1, 0.15) is 11.1 Å². The molecule has 0 unspecified atom stereocenters. The average Bonchev–Trinajstić information content (AvgIpc) is 2.25. The molecule has 0 saturated carbocycles. The third-order valence-corrected chi connectivity index (χ3v) is 2.26. The van der Waals surface area contributed by atoms with Crippen molar-refractivity contribution >= 4 is 0 Å². The van der Waals surface area contributed by atoms with Crippen LogP contribution in [0.3, 0.4) is 0 Å². The number of phenols is 1. The number of aromatic hydroxyl groups is 1. The summed E-state index contributed by atoms with van der Waals surface area (Å²) in [5.41, 5.74) is 1.66. The fourth-order valence-electron chi connectivity index (χ4n) is 1.53. The molecule has 0 saturated heterocycles. The second-order valence-electron chi connectivity index (χ2n) is 3.28. The Morgan fingerprint density at radius 3 is 2.80 bits per heavy atom. The topological polar surface area (TPSA) is 41.5 Å². The molecule has 1 rings (SSSR count). The van der Waals surface area contributed by atoms with Gasteiger partial charge in [0, 0.05) is 17.7 Å². The summed E-state index contributed by atoms with van der Waals surface area (Å²) in [6.45, 7) is 4.30. The van der Waals surface area contributed by atoms with Gasteiger partial charge in [-0.3, -0.25) is 0 Å². The molecule has 0 aliphatic rings. The summed E-state index contributed by atoms with van der Waals surface area (Å²) in [5, 5.41) is 13.0. The van der Waals surface area contributed by atoms with Crippen molar-refractivity contribution in [3.05, 3.63) is 35.9 Å². The number of methoxy groups -OCH3 is 1. The zero-order chi connectivity index (χ0) is 11.3. The second-order valence-corrected chi connectivity index (χ2v) is 3.28. The molecule has 0 aliphatic heterocycles. The Morgan fingerprint density at radius 1 is 1.53 bits per heavy atom. The molecule has 15 heavy (non-hydrogen) atoms. The van der Waals surface area contributed by atoms with Crippen molar-refractivity contribution in [2.24, 2.45) is 0 Å².